The maximum Gasteiger partial charge on any atom is 0.296 e. The Labute approximate surface area is 130 Å². The van der Waals surface area contributed by atoms with Crippen molar-refractivity contribution in [3.63, 3.8) is 0 Å². The number of carbonyl (C=O) groups is 1. The number of benzene rings is 2. The Balaban J connectivity index is 2.08. The van der Waals surface area contributed by atoms with Crippen LogP contribution >= 0.6 is 0 Å². The van der Waals surface area contributed by atoms with Crippen LogP contribution in [-0.2, 0) is 9.53 Å². The summed E-state index contributed by atoms with van der Waals surface area (Å²) < 4.78 is 15.9. The lowest BCUT2D eigenvalue weighted by molar-refractivity contribution is -0.144. The average Bonchev–Trinajstić information content (AvgIpc) is 2.59. The minimum absolute atomic E-state index is 0.287. The van der Waals surface area contributed by atoms with E-state index in [9.17, 15) is 4.79 Å². The monoisotopic (exact) mass is 301 g/mol. The van der Waals surface area contributed by atoms with Crippen molar-refractivity contribution < 1.29 is 19.0 Å². The largest absolute Gasteiger partial charge is 0.497 e. The number of likely N-dealkylation sites (N-methyl/N-ethyl adjacent to an activating group) is 1. The summed E-state index contributed by atoms with van der Waals surface area (Å²) in [4.78, 5) is 14.0. The van der Waals surface area contributed by atoms with Gasteiger partial charge in [-0.25, -0.2) is 0 Å². The molecule has 1 atom stereocenters. The van der Waals surface area contributed by atoms with Crippen LogP contribution in [0.2, 0.25) is 0 Å². The maximum atomic E-state index is 12.5. The van der Waals surface area contributed by atoms with Gasteiger partial charge in [0.05, 0.1) is 7.11 Å². The van der Waals surface area contributed by atoms with E-state index in [-0.39, 0.29) is 5.91 Å². The number of nitrogens with zero attached hydrogens (tertiary/aromatic N) is 1. The minimum atomic E-state index is -1.02. The SMILES string of the molecule is COc1ccc(OC(OC)C(=O)N(C)c2ccccc2)cc1. The van der Waals surface area contributed by atoms with Crippen molar-refractivity contribution >= 4 is 11.6 Å². The van der Waals surface area contributed by atoms with Crippen molar-refractivity contribution in [2.75, 3.05) is 26.2 Å². The van der Waals surface area contributed by atoms with E-state index < -0.39 is 6.29 Å². The van der Waals surface area contributed by atoms with Gasteiger partial charge in [0.1, 0.15) is 11.5 Å². The normalized spacial score (nSPS) is 11.6. The average molecular weight is 301 g/mol. The third-order valence-corrected chi connectivity index (χ3v) is 3.19. The van der Waals surface area contributed by atoms with Crippen molar-refractivity contribution in [1.82, 2.24) is 0 Å². The van der Waals surface area contributed by atoms with E-state index in [2.05, 4.69) is 0 Å². The predicted molar refractivity (Wildman–Crippen MR) is 84.3 cm³/mol. The molecule has 116 valence electrons. The smallest absolute Gasteiger partial charge is 0.296 e. The Kier molecular flexibility index (Phi) is 5.38. The molecule has 0 fully saturated rings. The summed E-state index contributed by atoms with van der Waals surface area (Å²) in [7, 11) is 4.71. The lowest BCUT2D eigenvalue weighted by Gasteiger charge is -2.23. The second-order valence-electron chi connectivity index (χ2n) is 4.59. The van der Waals surface area contributed by atoms with Gasteiger partial charge in [0.2, 0.25) is 0 Å². The number of carbonyl (C=O) groups excluding carboxylic acids is 1. The third kappa shape index (κ3) is 3.77. The molecule has 2 aromatic carbocycles. The molecule has 22 heavy (non-hydrogen) atoms. The molecule has 0 saturated carbocycles. The number of methoxy groups -OCH3 is 2. The van der Waals surface area contributed by atoms with Crippen molar-refractivity contribution in [3.05, 3.63) is 54.6 Å². The Hall–Kier alpha value is -2.53. The van der Waals surface area contributed by atoms with Gasteiger partial charge in [0.25, 0.3) is 12.2 Å². The van der Waals surface area contributed by atoms with Crippen molar-refractivity contribution in [3.8, 4) is 11.5 Å². The van der Waals surface area contributed by atoms with E-state index in [1.54, 1.807) is 38.4 Å². The first-order chi connectivity index (χ1) is 10.7. The van der Waals surface area contributed by atoms with Crippen LogP contribution in [0.25, 0.3) is 0 Å². The van der Waals surface area contributed by atoms with Gasteiger partial charge >= 0.3 is 0 Å². The molecule has 5 heteroatoms. The number of hydrogen-bond acceptors (Lipinski definition) is 4. The molecule has 2 rings (SSSR count). The highest BCUT2D eigenvalue weighted by molar-refractivity contribution is 5.95. The van der Waals surface area contributed by atoms with Crippen molar-refractivity contribution in [2.45, 2.75) is 6.29 Å². The molecular weight excluding hydrogens is 282 g/mol. The van der Waals surface area contributed by atoms with Gasteiger partial charge in [-0.3, -0.25) is 4.79 Å². The lowest BCUT2D eigenvalue weighted by Crippen LogP contribution is -2.41. The van der Waals surface area contributed by atoms with Crippen LogP contribution in [0.5, 0.6) is 11.5 Å². The lowest BCUT2D eigenvalue weighted by atomic mass is 10.3. The first-order valence-electron chi connectivity index (χ1n) is 6.82. The molecule has 0 aliphatic heterocycles. The molecule has 0 aliphatic rings. The number of amides is 1. The zero-order valence-electron chi connectivity index (χ0n) is 12.9. The molecule has 0 spiro atoms. The van der Waals surface area contributed by atoms with Gasteiger partial charge in [0.15, 0.2) is 0 Å². The fourth-order valence-electron chi connectivity index (χ4n) is 1.91. The highest BCUT2D eigenvalue weighted by Gasteiger charge is 2.24. The Morgan fingerprint density at radius 3 is 2.09 bits per heavy atom. The quantitative estimate of drug-likeness (QED) is 0.770. The van der Waals surface area contributed by atoms with Gasteiger partial charge in [-0.1, -0.05) is 18.2 Å². The summed E-state index contributed by atoms with van der Waals surface area (Å²) in [5, 5.41) is 0. The minimum Gasteiger partial charge on any atom is -0.497 e. The first kappa shape index (κ1) is 15.9. The molecule has 0 bridgehead atoms. The van der Waals surface area contributed by atoms with Crippen LogP contribution in [0.15, 0.2) is 54.6 Å². The summed E-state index contributed by atoms with van der Waals surface area (Å²) >= 11 is 0. The van der Waals surface area contributed by atoms with Crippen LogP contribution in [0, 0.1) is 0 Å². The van der Waals surface area contributed by atoms with Crippen molar-refractivity contribution in [2.24, 2.45) is 0 Å². The van der Waals surface area contributed by atoms with E-state index in [1.165, 1.54) is 12.0 Å². The summed E-state index contributed by atoms with van der Waals surface area (Å²) in [6.45, 7) is 0. The van der Waals surface area contributed by atoms with E-state index in [1.807, 2.05) is 30.3 Å². The van der Waals surface area contributed by atoms with E-state index in [0.717, 1.165) is 5.69 Å². The van der Waals surface area contributed by atoms with E-state index in [0.29, 0.717) is 11.5 Å². The molecule has 1 unspecified atom stereocenters. The standard InChI is InChI=1S/C17H19NO4/c1-18(13-7-5-4-6-8-13)16(19)17(21-3)22-15-11-9-14(20-2)10-12-15/h4-12,17H,1-3H3. The van der Waals surface area contributed by atoms with Crippen LogP contribution in [0.1, 0.15) is 0 Å². The molecule has 0 saturated heterocycles. The summed E-state index contributed by atoms with van der Waals surface area (Å²) in [5.74, 6) is 0.959. The zero-order chi connectivity index (χ0) is 15.9. The second-order valence-corrected chi connectivity index (χ2v) is 4.59. The molecule has 2 aromatic rings. The highest BCUT2D eigenvalue weighted by atomic mass is 16.7. The number of rotatable bonds is 6. The van der Waals surface area contributed by atoms with Gasteiger partial charge in [0, 0.05) is 19.8 Å². The Bertz CT molecular complexity index is 598. The van der Waals surface area contributed by atoms with E-state index >= 15 is 0 Å². The highest BCUT2D eigenvalue weighted by Crippen LogP contribution is 2.20. The fraction of sp³-hybridized carbons (Fsp3) is 0.235. The third-order valence-electron chi connectivity index (χ3n) is 3.19. The first-order valence-corrected chi connectivity index (χ1v) is 6.82. The van der Waals surface area contributed by atoms with Gasteiger partial charge in [-0.05, 0) is 36.4 Å². The molecule has 0 aromatic heterocycles. The molecule has 1 amide bonds. The topological polar surface area (TPSA) is 48.0 Å². The fourth-order valence-corrected chi connectivity index (χ4v) is 1.91. The number of para-hydroxylation sites is 1. The van der Waals surface area contributed by atoms with E-state index in [4.69, 9.17) is 14.2 Å². The molecule has 5 nitrogen and oxygen atoms in total. The molecule has 0 heterocycles. The van der Waals surface area contributed by atoms with Gasteiger partial charge in [-0.2, -0.15) is 0 Å². The maximum absolute atomic E-state index is 12.5. The number of ether oxygens (including phenoxy) is 3. The summed E-state index contributed by atoms with van der Waals surface area (Å²) in [5.41, 5.74) is 0.771. The molecular formula is C17H19NO4. The zero-order valence-corrected chi connectivity index (χ0v) is 12.9. The number of anilines is 1. The molecule has 0 radical (unpaired) electrons. The van der Waals surface area contributed by atoms with Gasteiger partial charge < -0.3 is 19.1 Å². The second kappa shape index (κ2) is 7.47. The molecule has 0 N–H and O–H groups in total. The van der Waals surface area contributed by atoms with Crippen LogP contribution in [-0.4, -0.2) is 33.5 Å². The van der Waals surface area contributed by atoms with Crippen LogP contribution < -0.4 is 14.4 Å². The van der Waals surface area contributed by atoms with Crippen LogP contribution in [0.3, 0.4) is 0 Å². The van der Waals surface area contributed by atoms with Crippen molar-refractivity contribution in [1.29, 1.82) is 0 Å². The predicted octanol–water partition coefficient (Wildman–Crippen LogP) is 2.71. The number of hydrogen-bond donors (Lipinski definition) is 0. The summed E-state index contributed by atoms with van der Waals surface area (Å²) in [6.07, 6.45) is -1.02. The Morgan fingerprint density at radius 1 is 0.955 bits per heavy atom. The summed E-state index contributed by atoms with van der Waals surface area (Å²) in [6, 6.07) is 16.3. The molecule has 0 aliphatic carbocycles. The van der Waals surface area contributed by atoms with Crippen LogP contribution in [0.4, 0.5) is 5.69 Å². The Morgan fingerprint density at radius 2 is 1.55 bits per heavy atom. The van der Waals surface area contributed by atoms with Gasteiger partial charge in [-0.15, -0.1) is 0 Å².